The molecule has 0 saturated carbocycles. The standard InChI is InChI=1S/C22H40N2O10S3/c1-17(2)23(9-10-32-13-14-33-12-11-31-5)16-22(3,4)36-35-15-8-18(37(28,29)30)21(27)34-24-19(25)6-7-20(24)26/h17-18H,6-16H2,1-5H3,(H,28,29,30). The molecule has 1 atom stereocenters. The third-order valence-electron chi connectivity index (χ3n) is 5.20. The highest BCUT2D eigenvalue weighted by Crippen LogP contribution is 2.37. The summed E-state index contributed by atoms with van der Waals surface area (Å²) in [6.07, 6.45) is -0.476. The van der Waals surface area contributed by atoms with Crippen LogP contribution in [-0.2, 0) is 43.5 Å². The summed E-state index contributed by atoms with van der Waals surface area (Å²) in [6.45, 7) is 12.4. The molecule has 2 amide bonds. The van der Waals surface area contributed by atoms with Gasteiger partial charge in [0.2, 0.25) is 0 Å². The van der Waals surface area contributed by atoms with Crippen molar-refractivity contribution in [2.75, 3.05) is 59.0 Å². The van der Waals surface area contributed by atoms with Crippen LogP contribution in [0.2, 0.25) is 0 Å². The molecule has 0 aromatic rings. The number of hydrogen-bond donors (Lipinski definition) is 1. The predicted molar refractivity (Wildman–Crippen MR) is 141 cm³/mol. The van der Waals surface area contributed by atoms with Gasteiger partial charge in [0.25, 0.3) is 21.9 Å². The second-order valence-corrected chi connectivity index (χ2v) is 14.0. The van der Waals surface area contributed by atoms with E-state index in [0.717, 1.165) is 13.1 Å². The Hall–Kier alpha value is -0.940. The third kappa shape index (κ3) is 13.6. The summed E-state index contributed by atoms with van der Waals surface area (Å²) in [7, 11) is -0.277. The molecule has 0 bridgehead atoms. The van der Waals surface area contributed by atoms with Crippen LogP contribution >= 0.6 is 21.6 Å². The van der Waals surface area contributed by atoms with Gasteiger partial charge in [0, 0.05) is 49.6 Å². The fourth-order valence-electron chi connectivity index (χ4n) is 3.23. The molecule has 1 unspecified atom stereocenters. The Kier molecular flexibility index (Phi) is 15.6. The molecule has 0 spiro atoms. The minimum atomic E-state index is -4.79. The molecule has 1 N–H and O–H groups in total. The molecule has 1 heterocycles. The molecule has 12 nitrogen and oxygen atoms in total. The lowest BCUT2D eigenvalue weighted by Crippen LogP contribution is -2.42. The summed E-state index contributed by atoms with van der Waals surface area (Å²) in [5.74, 6) is -2.60. The van der Waals surface area contributed by atoms with Gasteiger partial charge < -0.3 is 19.0 Å². The number of nitrogens with zero attached hydrogens (tertiary/aromatic N) is 2. The maximum absolute atomic E-state index is 12.3. The third-order valence-corrected chi connectivity index (χ3v) is 9.65. The lowest BCUT2D eigenvalue weighted by Gasteiger charge is -2.34. The van der Waals surface area contributed by atoms with Gasteiger partial charge in [0.05, 0.1) is 33.0 Å². The summed E-state index contributed by atoms with van der Waals surface area (Å²) < 4.78 is 48.7. The van der Waals surface area contributed by atoms with Gasteiger partial charge in [-0.2, -0.15) is 8.42 Å². The molecule has 216 valence electrons. The van der Waals surface area contributed by atoms with Gasteiger partial charge in [-0.25, -0.2) is 4.79 Å². The van der Waals surface area contributed by atoms with Gasteiger partial charge in [-0.15, -0.1) is 5.06 Å². The minimum Gasteiger partial charge on any atom is -0.382 e. The number of imide groups is 1. The summed E-state index contributed by atoms with van der Waals surface area (Å²) in [4.78, 5) is 42.5. The summed E-state index contributed by atoms with van der Waals surface area (Å²) in [5, 5.41) is -1.63. The summed E-state index contributed by atoms with van der Waals surface area (Å²) >= 11 is 0. The van der Waals surface area contributed by atoms with Crippen LogP contribution in [0.5, 0.6) is 0 Å². The van der Waals surface area contributed by atoms with Gasteiger partial charge in [-0.05, 0) is 34.1 Å². The van der Waals surface area contributed by atoms with Crippen molar-refractivity contribution in [2.24, 2.45) is 0 Å². The SMILES string of the molecule is COCCOCCOCCN(CC(C)(C)SSCCC(C(=O)ON1C(=O)CCC1=O)S(=O)(=O)O)C(C)C. The fraction of sp³-hybridized carbons (Fsp3) is 0.864. The van der Waals surface area contributed by atoms with Crippen LogP contribution in [0.3, 0.4) is 0 Å². The molecule has 1 fully saturated rings. The van der Waals surface area contributed by atoms with Crippen molar-refractivity contribution in [3.63, 3.8) is 0 Å². The zero-order chi connectivity index (χ0) is 28.1. The normalized spacial score (nSPS) is 15.7. The quantitative estimate of drug-likeness (QED) is 0.0954. The highest BCUT2D eigenvalue weighted by molar-refractivity contribution is 8.77. The monoisotopic (exact) mass is 588 g/mol. The lowest BCUT2D eigenvalue weighted by atomic mass is 10.1. The Bertz CT molecular complexity index is 823. The molecule has 0 radical (unpaired) electrons. The molecule has 1 rings (SSSR count). The van der Waals surface area contributed by atoms with E-state index in [9.17, 15) is 27.4 Å². The molecule has 1 aliphatic rings. The molecular formula is C22H40N2O10S3. The van der Waals surface area contributed by atoms with E-state index in [1.165, 1.54) is 21.6 Å². The average molecular weight is 589 g/mol. The number of hydrogen-bond acceptors (Lipinski definition) is 12. The number of hydroxylamine groups is 2. The van der Waals surface area contributed by atoms with Crippen LogP contribution in [0.15, 0.2) is 0 Å². The smallest absolute Gasteiger partial charge is 0.353 e. The zero-order valence-corrected chi connectivity index (χ0v) is 24.6. The largest absolute Gasteiger partial charge is 0.382 e. The second-order valence-electron chi connectivity index (χ2n) is 9.23. The van der Waals surface area contributed by atoms with E-state index in [2.05, 4.69) is 37.4 Å². The van der Waals surface area contributed by atoms with E-state index in [1.54, 1.807) is 7.11 Å². The zero-order valence-electron chi connectivity index (χ0n) is 22.2. The van der Waals surface area contributed by atoms with Crippen molar-refractivity contribution in [2.45, 2.75) is 63.0 Å². The number of carbonyl (C=O) groups excluding carboxylic acids is 3. The fourth-order valence-corrected chi connectivity index (χ4v) is 6.69. The molecular weight excluding hydrogens is 548 g/mol. The second kappa shape index (κ2) is 16.9. The molecule has 0 aromatic carbocycles. The Morgan fingerprint density at radius 2 is 1.65 bits per heavy atom. The van der Waals surface area contributed by atoms with E-state index < -0.39 is 33.2 Å². The van der Waals surface area contributed by atoms with E-state index in [0.29, 0.717) is 33.0 Å². The van der Waals surface area contributed by atoms with Gasteiger partial charge >= 0.3 is 5.97 Å². The highest BCUT2D eigenvalue weighted by atomic mass is 33.1. The number of methoxy groups -OCH3 is 1. The van der Waals surface area contributed by atoms with Crippen molar-refractivity contribution in [3.8, 4) is 0 Å². The lowest BCUT2D eigenvalue weighted by molar-refractivity contribution is -0.197. The maximum Gasteiger partial charge on any atom is 0.353 e. The van der Waals surface area contributed by atoms with Crippen LogP contribution < -0.4 is 0 Å². The number of rotatable bonds is 20. The Balaban J connectivity index is 2.47. The number of carbonyl (C=O) groups is 3. The summed E-state index contributed by atoms with van der Waals surface area (Å²) in [6, 6.07) is 0.279. The van der Waals surface area contributed by atoms with E-state index in [4.69, 9.17) is 14.2 Å². The molecule has 15 heteroatoms. The van der Waals surface area contributed by atoms with Crippen LogP contribution in [0.1, 0.15) is 47.0 Å². The van der Waals surface area contributed by atoms with Gasteiger partial charge in [-0.3, -0.25) is 19.0 Å². The van der Waals surface area contributed by atoms with Crippen LogP contribution in [0, 0.1) is 0 Å². The molecule has 37 heavy (non-hydrogen) atoms. The van der Waals surface area contributed by atoms with Crippen molar-refractivity contribution in [1.29, 1.82) is 0 Å². The summed E-state index contributed by atoms with van der Waals surface area (Å²) in [5.41, 5.74) is 0. The maximum atomic E-state index is 12.3. The van der Waals surface area contributed by atoms with E-state index in [1.807, 2.05) is 0 Å². The first kappa shape index (κ1) is 34.1. The van der Waals surface area contributed by atoms with Crippen LogP contribution in [0.4, 0.5) is 0 Å². The van der Waals surface area contributed by atoms with Gasteiger partial charge in [0.1, 0.15) is 0 Å². The highest BCUT2D eigenvalue weighted by Gasteiger charge is 2.39. The van der Waals surface area contributed by atoms with Crippen LogP contribution in [0.25, 0.3) is 0 Å². The van der Waals surface area contributed by atoms with E-state index in [-0.39, 0.29) is 40.9 Å². The number of amides is 2. The van der Waals surface area contributed by atoms with Gasteiger partial charge in [0.15, 0.2) is 5.25 Å². The molecule has 0 aliphatic carbocycles. The first-order valence-corrected chi connectivity index (χ1v) is 15.8. The Morgan fingerprint density at radius 3 is 2.19 bits per heavy atom. The average Bonchev–Trinajstić information content (AvgIpc) is 3.10. The predicted octanol–water partition coefficient (Wildman–Crippen LogP) is 1.79. The molecule has 1 aliphatic heterocycles. The number of ether oxygens (including phenoxy) is 3. The Morgan fingerprint density at radius 1 is 1.08 bits per heavy atom. The Labute approximate surface area is 227 Å². The van der Waals surface area contributed by atoms with Crippen molar-refractivity contribution in [1.82, 2.24) is 9.96 Å². The van der Waals surface area contributed by atoms with Crippen molar-refractivity contribution >= 4 is 49.5 Å². The van der Waals surface area contributed by atoms with E-state index >= 15 is 0 Å². The first-order chi connectivity index (χ1) is 17.3. The van der Waals surface area contributed by atoms with Gasteiger partial charge in [-0.1, -0.05) is 21.6 Å². The first-order valence-electron chi connectivity index (χ1n) is 12.0. The minimum absolute atomic E-state index is 0.118. The molecule has 0 aromatic heterocycles. The van der Waals surface area contributed by atoms with Crippen molar-refractivity contribution < 1.29 is 46.4 Å². The topological polar surface area (TPSA) is 149 Å². The van der Waals surface area contributed by atoms with Crippen LogP contribution in [-0.4, -0.2) is 116 Å². The van der Waals surface area contributed by atoms with Crippen molar-refractivity contribution in [3.05, 3.63) is 0 Å². The molecule has 1 saturated heterocycles.